The van der Waals surface area contributed by atoms with Crippen LogP contribution in [-0.4, -0.2) is 5.11 Å². The molecule has 2 aromatic rings. The van der Waals surface area contributed by atoms with E-state index in [1.807, 2.05) is 18.2 Å². The normalized spacial score (nSPS) is 10.6. The van der Waals surface area contributed by atoms with Gasteiger partial charge in [0.1, 0.15) is 0 Å². The molecule has 0 fully saturated rings. The molecule has 0 spiro atoms. The fourth-order valence-corrected chi connectivity index (χ4v) is 2.81. The van der Waals surface area contributed by atoms with Crippen molar-refractivity contribution in [1.82, 2.24) is 0 Å². The molecule has 0 unspecified atom stereocenters. The minimum Gasteiger partial charge on any atom is -0.392 e. The summed E-state index contributed by atoms with van der Waals surface area (Å²) in [4.78, 5) is 2.35. The molecule has 0 aliphatic carbocycles. The Balaban J connectivity index is 2.13. The highest BCUT2D eigenvalue weighted by atomic mass is 32.2. The lowest BCUT2D eigenvalue weighted by Gasteiger charge is -2.07. The molecule has 18 heavy (non-hydrogen) atoms. The quantitative estimate of drug-likeness (QED) is 0.863. The van der Waals surface area contributed by atoms with Crippen LogP contribution in [0.3, 0.4) is 0 Å². The Kier molecular flexibility index (Phi) is 4.85. The maximum atomic E-state index is 9.30. The Morgan fingerprint density at radius 3 is 2.39 bits per heavy atom. The molecule has 2 rings (SSSR count). The first-order valence-corrected chi connectivity index (χ1v) is 7.10. The van der Waals surface area contributed by atoms with Gasteiger partial charge >= 0.3 is 0 Å². The molecular formula is C16H18OS. The summed E-state index contributed by atoms with van der Waals surface area (Å²) in [7, 11) is 0. The molecule has 0 aromatic heterocycles. The number of aliphatic hydroxyl groups is 1. The molecule has 94 valence electrons. The van der Waals surface area contributed by atoms with Gasteiger partial charge in [0.05, 0.1) is 6.61 Å². The Labute approximate surface area is 113 Å². The molecule has 2 aromatic carbocycles. The molecule has 0 amide bonds. The van der Waals surface area contributed by atoms with Crippen molar-refractivity contribution in [1.29, 1.82) is 0 Å². The number of aliphatic hydroxyl groups excluding tert-OH is 1. The number of hydrogen-bond donors (Lipinski definition) is 1. The summed E-state index contributed by atoms with van der Waals surface area (Å²) < 4.78 is 0. The lowest BCUT2D eigenvalue weighted by molar-refractivity contribution is 0.279. The fourth-order valence-electron chi connectivity index (χ4n) is 1.87. The van der Waals surface area contributed by atoms with Crippen molar-refractivity contribution in [3.05, 3.63) is 59.7 Å². The van der Waals surface area contributed by atoms with E-state index < -0.39 is 0 Å². The smallest absolute Gasteiger partial charge is 0.0692 e. The van der Waals surface area contributed by atoms with Crippen molar-refractivity contribution in [2.75, 3.05) is 0 Å². The van der Waals surface area contributed by atoms with E-state index in [9.17, 15) is 5.11 Å². The van der Waals surface area contributed by atoms with E-state index in [-0.39, 0.29) is 6.61 Å². The summed E-state index contributed by atoms with van der Waals surface area (Å²) in [6.07, 6.45) is 2.32. The first kappa shape index (κ1) is 13.2. The van der Waals surface area contributed by atoms with E-state index in [2.05, 4.69) is 37.3 Å². The Hall–Kier alpha value is -1.25. The van der Waals surface area contributed by atoms with Crippen molar-refractivity contribution < 1.29 is 5.11 Å². The number of hydrogen-bond acceptors (Lipinski definition) is 2. The van der Waals surface area contributed by atoms with Gasteiger partial charge in [-0.3, -0.25) is 0 Å². The summed E-state index contributed by atoms with van der Waals surface area (Å²) in [5, 5.41) is 9.30. The van der Waals surface area contributed by atoms with Crippen LogP contribution in [0.4, 0.5) is 0 Å². The lowest BCUT2D eigenvalue weighted by Crippen LogP contribution is -1.87. The van der Waals surface area contributed by atoms with E-state index in [4.69, 9.17) is 0 Å². The van der Waals surface area contributed by atoms with Gasteiger partial charge in [-0.2, -0.15) is 0 Å². The number of aryl methyl sites for hydroxylation is 1. The zero-order chi connectivity index (χ0) is 12.8. The molecule has 2 heteroatoms. The van der Waals surface area contributed by atoms with Crippen LogP contribution in [0.25, 0.3) is 0 Å². The summed E-state index contributed by atoms with van der Waals surface area (Å²) in [6.45, 7) is 2.29. The van der Waals surface area contributed by atoms with Gasteiger partial charge in [0.2, 0.25) is 0 Å². The van der Waals surface area contributed by atoms with Gasteiger partial charge in [0.25, 0.3) is 0 Å². The minimum absolute atomic E-state index is 0.0943. The zero-order valence-electron chi connectivity index (χ0n) is 10.6. The molecule has 0 radical (unpaired) electrons. The molecule has 0 saturated heterocycles. The van der Waals surface area contributed by atoms with Gasteiger partial charge in [-0.1, -0.05) is 55.4 Å². The molecule has 0 aliphatic heterocycles. The first-order valence-electron chi connectivity index (χ1n) is 6.29. The standard InChI is InChI=1S/C16H18OS/c1-2-5-13-8-10-15(11-9-13)18-16-7-4-3-6-14(16)12-17/h3-4,6-11,17H,2,5,12H2,1H3. The fraction of sp³-hybridized carbons (Fsp3) is 0.250. The van der Waals surface area contributed by atoms with Crippen molar-refractivity contribution >= 4 is 11.8 Å². The summed E-state index contributed by atoms with van der Waals surface area (Å²) in [5.74, 6) is 0. The van der Waals surface area contributed by atoms with Gasteiger partial charge in [-0.05, 0) is 35.7 Å². The van der Waals surface area contributed by atoms with Crippen molar-refractivity contribution in [2.24, 2.45) is 0 Å². The number of rotatable bonds is 5. The molecule has 1 nitrogen and oxygen atoms in total. The first-order chi connectivity index (χ1) is 8.83. The monoisotopic (exact) mass is 258 g/mol. The Bertz CT molecular complexity index is 491. The maximum absolute atomic E-state index is 9.30. The Morgan fingerprint density at radius 1 is 1.00 bits per heavy atom. The molecule has 1 N–H and O–H groups in total. The molecule has 0 saturated carbocycles. The largest absolute Gasteiger partial charge is 0.392 e. The van der Waals surface area contributed by atoms with Crippen LogP contribution in [0.15, 0.2) is 58.3 Å². The third-order valence-corrected chi connectivity index (χ3v) is 3.96. The highest BCUT2D eigenvalue weighted by Gasteiger charge is 2.02. The highest BCUT2D eigenvalue weighted by Crippen LogP contribution is 2.30. The van der Waals surface area contributed by atoms with E-state index in [0.717, 1.165) is 16.9 Å². The van der Waals surface area contributed by atoms with Gasteiger partial charge < -0.3 is 5.11 Å². The van der Waals surface area contributed by atoms with E-state index >= 15 is 0 Å². The van der Waals surface area contributed by atoms with E-state index in [0.29, 0.717) is 0 Å². The average Bonchev–Trinajstić information content (AvgIpc) is 2.42. The summed E-state index contributed by atoms with van der Waals surface area (Å²) in [6, 6.07) is 16.7. The predicted molar refractivity (Wildman–Crippen MR) is 76.9 cm³/mol. The van der Waals surface area contributed by atoms with Crippen LogP contribution in [0.1, 0.15) is 24.5 Å². The van der Waals surface area contributed by atoms with Gasteiger partial charge in [0, 0.05) is 9.79 Å². The van der Waals surface area contributed by atoms with Crippen molar-refractivity contribution in [3.63, 3.8) is 0 Å². The summed E-state index contributed by atoms with van der Waals surface area (Å²) >= 11 is 1.71. The van der Waals surface area contributed by atoms with Crippen LogP contribution < -0.4 is 0 Å². The SMILES string of the molecule is CCCc1ccc(Sc2ccccc2CO)cc1. The topological polar surface area (TPSA) is 20.2 Å². The van der Waals surface area contributed by atoms with Gasteiger partial charge in [-0.15, -0.1) is 0 Å². The van der Waals surface area contributed by atoms with E-state index in [1.54, 1.807) is 11.8 Å². The van der Waals surface area contributed by atoms with Crippen LogP contribution >= 0.6 is 11.8 Å². The molecule has 0 heterocycles. The number of benzene rings is 2. The third-order valence-electron chi connectivity index (χ3n) is 2.83. The molecule has 0 bridgehead atoms. The van der Waals surface area contributed by atoms with Gasteiger partial charge in [-0.25, -0.2) is 0 Å². The highest BCUT2D eigenvalue weighted by molar-refractivity contribution is 7.99. The maximum Gasteiger partial charge on any atom is 0.0692 e. The van der Waals surface area contributed by atoms with Crippen LogP contribution in [0.2, 0.25) is 0 Å². The van der Waals surface area contributed by atoms with Crippen molar-refractivity contribution in [3.8, 4) is 0 Å². The average molecular weight is 258 g/mol. The molecule has 0 aliphatic rings. The Morgan fingerprint density at radius 2 is 1.72 bits per heavy atom. The second-order valence-corrected chi connectivity index (χ2v) is 5.38. The summed E-state index contributed by atoms with van der Waals surface area (Å²) in [5.41, 5.74) is 2.37. The zero-order valence-corrected chi connectivity index (χ0v) is 11.4. The lowest BCUT2D eigenvalue weighted by atomic mass is 10.1. The predicted octanol–water partition coefficient (Wildman–Crippen LogP) is 4.28. The van der Waals surface area contributed by atoms with Crippen molar-refractivity contribution in [2.45, 2.75) is 36.2 Å². The van der Waals surface area contributed by atoms with Crippen LogP contribution in [-0.2, 0) is 13.0 Å². The molecular weight excluding hydrogens is 240 g/mol. The third kappa shape index (κ3) is 3.37. The second kappa shape index (κ2) is 6.62. The van der Waals surface area contributed by atoms with Gasteiger partial charge in [0.15, 0.2) is 0 Å². The van der Waals surface area contributed by atoms with E-state index in [1.165, 1.54) is 16.9 Å². The van der Waals surface area contributed by atoms with Crippen LogP contribution in [0.5, 0.6) is 0 Å². The minimum atomic E-state index is 0.0943. The molecule has 0 atom stereocenters. The second-order valence-electron chi connectivity index (χ2n) is 4.26. The van der Waals surface area contributed by atoms with Crippen LogP contribution in [0, 0.1) is 0 Å².